The van der Waals surface area contributed by atoms with Gasteiger partial charge in [0.2, 0.25) is 13.6 Å². The summed E-state index contributed by atoms with van der Waals surface area (Å²) in [5.41, 5.74) is 14.1. The molecular weight excluding hydrogens is 480 g/mol. The van der Waals surface area contributed by atoms with Crippen LogP contribution in [-0.4, -0.2) is 25.4 Å². The lowest BCUT2D eigenvalue weighted by molar-refractivity contribution is 0.102. The Morgan fingerprint density at radius 2 is 1.15 bits per heavy atom. The maximum absolute atomic E-state index is 12.9. The van der Waals surface area contributed by atoms with Gasteiger partial charge in [-0.15, -0.1) is 22.7 Å². The molecule has 0 saturated heterocycles. The molecule has 12 heteroatoms. The van der Waals surface area contributed by atoms with Crippen molar-refractivity contribution in [2.75, 3.05) is 35.7 Å². The van der Waals surface area contributed by atoms with Gasteiger partial charge in [-0.1, -0.05) is 0 Å². The van der Waals surface area contributed by atoms with Crippen LogP contribution in [0.5, 0.6) is 23.0 Å². The van der Waals surface area contributed by atoms with Gasteiger partial charge in [-0.2, -0.15) is 0 Å². The molecule has 2 aromatic heterocycles. The smallest absolute Gasteiger partial charge is 0.267 e. The Morgan fingerprint density at radius 1 is 0.706 bits per heavy atom. The second-order valence-electron chi connectivity index (χ2n) is 7.40. The molecule has 2 amide bonds. The minimum absolute atomic E-state index is 0.144. The molecule has 172 valence electrons. The molecule has 10 nitrogen and oxygen atoms in total. The fourth-order valence-corrected chi connectivity index (χ4v) is 6.06. The number of carbonyl (C=O) groups excluding carboxylic acids is 2. The maximum Gasteiger partial charge on any atom is 0.267 e. The monoisotopic (exact) mass is 496 g/mol. The van der Waals surface area contributed by atoms with E-state index in [-0.39, 0.29) is 36.8 Å². The van der Waals surface area contributed by atoms with Gasteiger partial charge in [0.25, 0.3) is 11.8 Å². The number of nitrogens with two attached hydrogens (primary N) is 2. The van der Waals surface area contributed by atoms with E-state index in [1.807, 2.05) is 0 Å². The average Bonchev–Trinajstić information content (AvgIpc) is 3.59. The van der Waals surface area contributed by atoms with Crippen LogP contribution < -0.4 is 41.0 Å². The summed E-state index contributed by atoms with van der Waals surface area (Å²) >= 11 is 2.36. The normalized spacial score (nSPS) is 13.3. The van der Waals surface area contributed by atoms with Crippen molar-refractivity contribution in [3.63, 3.8) is 0 Å². The Bertz CT molecular complexity index is 1390. The van der Waals surface area contributed by atoms with E-state index in [0.29, 0.717) is 53.5 Å². The molecule has 0 fully saturated rings. The highest BCUT2D eigenvalue weighted by Gasteiger charge is 2.26. The number of anilines is 4. The third kappa shape index (κ3) is 3.31. The van der Waals surface area contributed by atoms with Crippen molar-refractivity contribution in [3.8, 4) is 23.0 Å². The van der Waals surface area contributed by atoms with Gasteiger partial charge in [0, 0.05) is 23.5 Å². The Morgan fingerprint density at radius 3 is 1.59 bits per heavy atom. The molecule has 0 atom stereocenters. The van der Waals surface area contributed by atoms with Crippen molar-refractivity contribution in [1.29, 1.82) is 0 Å². The molecule has 34 heavy (non-hydrogen) atoms. The fraction of sp³-hybridized carbons (Fsp3) is 0.0909. The summed E-state index contributed by atoms with van der Waals surface area (Å²) in [6.45, 7) is 0.287. The summed E-state index contributed by atoms with van der Waals surface area (Å²) in [7, 11) is 0. The summed E-state index contributed by atoms with van der Waals surface area (Å²) in [4.78, 5) is 26.4. The van der Waals surface area contributed by atoms with Gasteiger partial charge in [0.05, 0.1) is 20.8 Å². The summed E-state index contributed by atoms with van der Waals surface area (Å²) in [5, 5.41) is 6.12. The van der Waals surface area contributed by atoms with E-state index in [1.165, 1.54) is 22.7 Å². The van der Waals surface area contributed by atoms with Crippen LogP contribution in [0.15, 0.2) is 36.4 Å². The van der Waals surface area contributed by atoms with Gasteiger partial charge >= 0.3 is 0 Å². The van der Waals surface area contributed by atoms with E-state index in [2.05, 4.69) is 10.6 Å². The van der Waals surface area contributed by atoms with Gasteiger partial charge < -0.3 is 41.0 Å². The molecule has 6 rings (SSSR count). The van der Waals surface area contributed by atoms with Crippen molar-refractivity contribution >= 4 is 66.6 Å². The van der Waals surface area contributed by atoms with Crippen molar-refractivity contribution in [1.82, 2.24) is 0 Å². The van der Waals surface area contributed by atoms with E-state index in [0.717, 1.165) is 0 Å². The summed E-state index contributed by atoms with van der Waals surface area (Å²) < 4.78 is 21.9. The minimum Gasteiger partial charge on any atom is -0.454 e. The lowest BCUT2D eigenvalue weighted by Gasteiger charge is -2.07. The standard InChI is InChI=1S/C22H16N4O6S2/c23-16-15-17(24)19(21(28)26-10-2-4-12-14(6-10)32-8-30-12)34-22(15)33-18(16)20(27)25-9-1-3-11-13(5-9)31-7-29-11/h1-6H,7-8,23-24H2,(H,25,27)(H,26,28). The molecule has 0 unspecified atom stereocenters. The van der Waals surface area contributed by atoms with Gasteiger partial charge in [0.15, 0.2) is 23.0 Å². The molecular formula is C22H16N4O6S2. The zero-order valence-electron chi connectivity index (χ0n) is 17.3. The number of hydrogen-bond donors (Lipinski definition) is 4. The van der Waals surface area contributed by atoms with Crippen molar-refractivity contribution in [2.24, 2.45) is 0 Å². The number of ether oxygens (including phenoxy) is 4. The van der Waals surface area contributed by atoms with Gasteiger partial charge in [-0.3, -0.25) is 9.59 Å². The van der Waals surface area contributed by atoms with Crippen LogP contribution in [0.25, 0.3) is 9.40 Å². The molecule has 2 aliphatic heterocycles. The zero-order chi connectivity index (χ0) is 23.4. The van der Waals surface area contributed by atoms with E-state index in [1.54, 1.807) is 36.4 Å². The van der Waals surface area contributed by atoms with Crippen molar-refractivity contribution in [3.05, 3.63) is 46.2 Å². The number of fused-ring (bicyclic) bond motifs is 3. The Hall–Kier alpha value is -4.16. The molecule has 2 aliphatic rings. The Labute approximate surface area is 200 Å². The van der Waals surface area contributed by atoms with Gasteiger partial charge in [-0.05, 0) is 24.3 Å². The third-order valence-electron chi connectivity index (χ3n) is 5.29. The Balaban J connectivity index is 1.24. The number of rotatable bonds is 4. The van der Waals surface area contributed by atoms with Crippen LogP contribution >= 0.6 is 22.7 Å². The predicted molar refractivity (Wildman–Crippen MR) is 130 cm³/mol. The number of benzene rings is 2. The largest absolute Gasteiger partial charge is 0.454 e. The molecule has 4 aromatic rings. The highest BCUT2D eigenvalue weighted by atomic mass is 32.2. The quantitative estimate of drug-likeness (QED) is 0.330. The highest BCUT2D eigenvalue weighted by Crippen LogP contribution is 2.45. The van der Waals surface area contributed by atoms with Crippen molar-refractivity contribution < 1.29 is 28.5 Å². The molecule has 2 aromatic carbocycles. The minimum atomic E-state index is -0.379. The summed E-state index contributed by atoms with van der Waals surface area (Å²) in [6, 6.07) is 10.2. The molecule has 0 spiro atoms. The second-order valence-corrected chi connectivity index (χ2v) is 9.70. The third-order valence-corrected chi connectivity index (χ3v) is 7.79. The highest BCUT2D eigenvalue weighted by molar-refractivity contribution is 7.40. The number of nitrogens with one attached hydrogen (secondary N) is 2. The molecule has 0 saturated carbocycles. The number of hydrogen-bond acceptors (Lipinski definition) is 10. The lowest BCUT2D eigenvalue weighted by Crippen LogP contribution is -2.13. The van der Waals surface area contributed by atoms with Crippen LogP contribution in [0.1, 0.15) is 19.3 Å². The topological polar surface area (TPSA) is 147 Å². The first-order valence-corrected chi connectivity index (χ1v) is 11.6. The molecule has 0 radical (unpaired) electrons. The molecule has 0 aliphatic carbocycles. The number of thiophene rings is 2. The summed E-state index contributed by atoms with van der Waals surface area (Å²) in [6.07, 6.45) is 0. The van der Waals surface area contributed by atoms with E-state index < -0.39 is 0 Å². The molecule has 4 heterocycles. The van der Waals surface area contributed by atoms with Crippen LogP contribution in [0.3, 0.4) is 0 Å². The van der Waals surface area contributed by atoms with Crippen LogP contribution in [0.4, 0.5) is 22.7 Å². The second kappa shape index (κ2) is 7.71. The Kier molecular flexibility index (Phi) is 4.64. The van der Waals surface area contributed by atoms with Gasteiger partial charge in [0.1, 0.15) is 9.75 Å². The maximum atomic E-state index is 12.9. The summed E-state index contributed by atoms with van der Waals surface area (Å²) in [5.74, 6) is 1.59. The van der Waals surface area contributed by atoms with E-state index in [9.17, 15) is 9.59 Å². The fourth-order valence-electron chi connectivity index (χ4n) is 3.67. The number of carbonyl (C=O) groups is 2. The van der Waals surface area contributed by atoms with Crippen LogP contribution in [0.2, 0.25) is 0 Å². The van der Waals surface area contributed by atoms with E-state index >= 15 is 0 Å². The average molecular weight is 497 g/mol. The SMILES string of the molecule is Nc1c(C(=O)Nc2ccc3c(c2)OCO3)sc2sc(C(=O)Nc3ccc4c(c3)OCO4)c(N)c12. The van der Waals surface area contributed by atoms with Crippen LogP contribution in [0, 0.1) is 0 Å². The first-order valence-electron chi connectivity index (χ1n) is 10.00. The predicted octanol–water partition coefficient (Wildman–Crippen LogP) is 4.09. The first-order chi connectivity index (χ1) is 16.5. The molecule has 0 bridgehead atoms. The molecule has 6 N–H and O–H groups in total. The zero-order valence-corrected chi connectivity index (χ0v) is 18.9. The van der Waals surface area contributed by atoms with Crippen LogP contribution in [-0.2, 0) is 0 Å². The van der Waals surface area contributed by atoms with Gasteiger partial charge in [-0.25, -0.2) is 0 Å². The lowest BCUT2D eigenvalue weighted by atomic mass is 10.2. The number of amides is 2. The first kappa shape index (κ1) is 20.4. The number of nitrogen functional groups attached to an aromatic ring is 2. The van der Waals surface area contributed by atoms with Crippen molar-refractivity contribution in [2.45, 2.75) is 0 Å². The van der Waals surface area contributed by atoms with E-state index in [4.69, 9.17) is 30.4 Å².